The molecule has 34 heavy (non-hydrogen) atoms. The second-order valence-electron chi connectivity index (χ2n) is 10.1. The van der Waals surface area contributed by atoms with Crippen LogP contribution >= 0.6 is 0 Å². The number of aliphatic hydroxyl groups is 1. The van der Waals surface area contributed by atoms with Gasteiger partial charge in [-0.3, -0.25) is 9.59 Å². The largest absolute Gasteiger partial charge is 0.457 e. The van der Waals surface area contributed by atoms with Crippen LogP contribution in [0.15, 0.2) is 36.0 Å². The number of ether oxygens (including phenoxy) is 3. The Hall–Kier alpha value is -2.74. The van der Waals surface area contributed by atoms with Crippen molar-refractivity contribution in [3.63, 3.8) is 0 Å². The van der Waals surface area contributed by atoms with Gasteiger partial charge in [0.2, 0.25) is 0 Å². The van der Waals surface area contributed by atoms with Crippen molar-refractivity contribution in [1.29, 1.82) is 0 Å². The zero-order valence-corrected chi connectivity index (χ0v) is 20.6. The number of carbonyl (C=O) groups excluding carboxylic acids is 4. The molecule has 0 aromatic heterocycles. The predicted molar refractivity (Wildman–Crippen MR) is 122 cm³/mol. The number of hydrogen-bond donors (Lipinski definition) is 1. The summed E-state index contributed by atoms with van der Waals surface area (Å²) in [5.41, 5.74) is -2.17. The van der Waals surface area contributed by atoms with Crippen LogP contribution in [0, 0.1) is 23.2 Å². The van der Waals surface area contributed by atoms with E-state index in [1.54, 1.807) is 39.8 Å². The summed E-state index contributed by atoms with van der Waals surface area (Å²) in [5, 5.41) is 10.4. The van der Waals surface area contributed by atoms with Gasteiger partial charge in [0.05, 0.1) is 23.4 Å². The van der Waals surface area contributed by atoms with Crippen LogP contribution in [0.2, 0.25) is 0 Å². The fraction of sp³-hybridized carbons (Fsp3) is 0.615. The zero-order valence-electron chi connectivity index (χ0n) is 20.6. The van der Waals surface area contributed by atoms with Gasteiger partial charge in [-0.25, -0.2) is 9.59 Å². The molecular weight excluding hydrogens is 440 g/mol. The molecule has 1 N–H and O–H groups in total. The predicted octanol–water partition coefficient (Wildman–Crippen LogP) is 2.84. The van der Waals surface area contributed by atoms with Crippen molar-refractivity contribution in [1.82, 2.24) is 0 Å². The highest BCUT2D eigenvalue weighted by Crippen LogP contribution is 2.55. The summed E-state index contributed by atoms with van der Waals surface area (Å²) in [6.45, 7) is 14.0. The molecule has 8 heteroatoms. The third kappa shape index (κ3) is 4.24. The van der Waals surface area contributed by atoms with Crippen LogP contribution in [0.4, 0.5) is 0 Å². The molecule has 0 radical (unpaired) electrons. The maximum absolute atomic E-state index is 13.2. The van der Waals surface area contributed by atoms with Crippen molar-refractivity contribution in [2.45, 2.75) is 78.3 Å². The number of esters is 3. The standard InChI is InChI=1S/C26H34O8/c1-8-13(3)23(29)34-22-19-15(5)24(30)33-20(14(4)16-10-11-17(27)26(16,22)7)21(19)32-18(28)12-25(6,31)9-2/h8,10-11,14,16,19-22,31H,5,9,12H2,1-4,6-7H3. The van der Waals surface area contributed by atoms with E-state index in [2.05, 4.69) is 6.58 Å². The van der Waals surface area contributed by atoms with Gasteiger partial charge in [-0.05, 0) is 46.1 Å². The minimum atomic E-state index is -1.27. The van der Waals surface area contributed by atoms with Gasteiger partial charge in [0, 0.05) is 17.1 Å². The molecule has 8 atom stereocenters. The maximum atomic E-state index is 13.2. The lowest BCUT2D eigenvalue weighted by molar-refractivity contribution is -0.191. The van der Waals surface area contributed by atoms with Gasteiger partial charge in [0.1, 0.15) is 18.3 Å². The van der Waals surface area contributed by atoms with E-state index in [9.17, 15) is 24.3 Å². The molecule has 1 saturated carbocycles. The number of hydrogen-bond acceptors (Lipinski definition) is 8. The summed E-state index contributed by atoms with van der Waals surface area (Å²) in [4.78, 5) is 51.7. The summed E-state index contributed by atoms with van der Waals surface area (Å²) >= 11 is 0. The Labute approximate surface area is 200 Å². The van der Waals surface area contributed by atoms with E-state index in [-0.39, 0.29) is 17.8 Å². The minimum Gasteiger partial charge on any atom is -0.457 e. The van der Waals surface area contributed by atoms with Crippen LogP contribution in [0.3, 0.4) is 0 Å². The molecule has 0 amide bonds. The minimum absolute atomic E-state index is 0.0268. The van der Waals surface area contributed by atoms with E-state index >= 15 is 0 Å². The molecule has 0 aromatic carbocycles. The molecule has 0 spiro atoms. The summed E-state index contributed by atoms with van der Waals surface area (Å²) in [6, 6.07) is 0. The van der Waals surface area contributed by atoms with Gasteiger partial charge in [0.25, 0.3) is 0 Å². The number of rotatable bonds is 6. The third-order valence-corrected chi connectivity index (χ3v) is 7.81. The Bertz CT molecular complexity index is 973. The molecule has 2 bridgehead atoms. The van der Waals surface area contributed by atoms with E-state index in [0.29, 0.717) is 12.0 Å². The Morgan fingerprint density at radius 2 is 1.97 bits per heavy atom. The topological polar surface area (TPSA) is 116 Å². The summed E-state index contributed by atoms with van der Waals surface area (Å²) in [5.74, 6) is -4.09. The molecule has 3 rings (SSSR count). The Morgan fingerprint density at radius 1 is 1.32 bits per heavy atom. The lowest BCUT2D eigenvalue weighted by Crippen LogP contribution is -2.55. The van der Waals surface area contributed by atoms with E-state index in [0.717, 1.165) is 0 Å². The molecule has 2 fully saturated rings. The molecule has 8 unspecified atom stereocenters. The van der Waals surface area contributed by atoms with Crippen molar-refractivity contribution in [2.24, 2.45) is 23.2 Å². The first-order valence-electron chi connectivity index (χ1n) is 11.7. The van der Waals surface area contributed by atoms with E-state index in [4.69, 9.17) is 14.2 Å². The van der Waals surface area contributed by atoms with Crippen LogP contribution < -0.4 is 0 Å². The molecule has 8 nitrogen and oxygen atoms in total. The second kappa shape index (κ2) is 9.13. The van der Waals surface area contributed by atoms with E-state index < -0.39 is 65.0 Å². The van der Waals surface area contributed by atoms with Crippen LogP contribution in [-0.2, 0) is 33.4 Å². The first kappa shape index (κ1) is 25.9. The monoisotopic (exact) mass is 474 g/mol. The average Bonchev–Trinajstić information content (AvgIpc) is 3.06. The molecule has 186 valence electrons. The van der Waals surface area contributed by atoms with Crippen LogP contribution in [0.1, 0.15) is 54.4 Å². The Balaban J connectivity index is 2.12. The quantitative estimate of drug-likeness (QED) is 0.355. The number of allylic oxidation sites excluding steroid dienone is 3. The van der Waals surface area contributed by atoms with Crippen molar-refractivity contribution >= 4 is 23.7 Å². The summed E-state index contributed by atoms with van der Waals surface area (Å²) in [6.07, 6.45) is 1.82. The highest BCUT2D eigenvalue weighted by atomic mass is 16.6. The Morgan fingerprint density at radius 3 is 2.56 bits per heavy atom. The van der Waals surface area contributed by atoms with Gasteiger partial charge in [0.15, 0.2) is 5.78 Å². The molecule has 0 aromatic rings. The van der Waals surface area contributed by atoms with E-state index in [1.807, 2.05) is 6.92 Å². The first-order chi connectivity index (χ1) is 15.8. The van der Waals surface area contributed by atoms with Gasteiger partial charge < -0.3 is 19.3 Å². The van der Waals surface area contributed by atoms with Crippen molar-refractivity contribution < 1.29 is 38.5 Å². The highest BCUT2D eigenvalue weighted by Gasteiger charge is 2.65. The van der Waals surface area contributed by atoms with Crippen LogP contribution in [0.25, 0.3) is 0 Å². The zero-order chi connectivity index (χ0) is 25.6. The van der Waals surface area contributed by atoms with Crippen LogP contribution in [-0.4, -0.2) is 52.7 Å². The smallest absolute Gasteiger partial charge is 0.334 e. The van der Waals surface area contributed by atoms with Crippen molar-refractivity contribution in [3.8, 4) is 0 Å². The Kier molecular flexibility index (Phi) is 6.95. The van der Waals surface area contributed by atoms with Crippen LogP contribution in [0.5, 0.6) is 0 Å². The lowest BCUT2D eigenvalue weighted by atomic mass is 9.67. The molecule has 2 aliphatic carbocycles. The average molecular weight is 475 g/mol. The van der Waals surface area contributed by atoms with Crippen molar-refractivity contribution in [3.05, 3.63) is 36.0 Å². The first-order valence-corrected chi connectivity index (χ1v) is 11.7. The van der Waals surface area contributed by atoms with Crippen molar-refractivity contribution in [2.75, 3.05) is 0 Å². The number of fused-ring (bicyclic) bond motifs is 3. The molecule has 1 heterocycles. The molecular formula is C26H34O8. The third-order valence-electron chi connectivity index (χ3n) is 7.81. The van der Waals surface area contributed by atoms with Gasteiger partial charge in [-0.15, -0.1) is 0 Å². The SMILES string of the molecule is C=C1C(=O)OC2C(C)C3C=CC(=O)C3(C)C(OC(=O)C(C)=CC)C1C2OC(=O)CC(C)(O)CC. The number of carbonyl (C=O) groups is 4. The summed E-state index contributed by atoms with van der Waals surface area (Å²) in [7, 11) is 0. The lowest BCUT2D eigenvalue weighted by Gasteiger charge is -2.42. The second-order valence-corrected chi connectivity index (χ2v) is 10.1. The number of ketones is 1. The fourth-order valence-corrected chi connectivity index (χ4v) is 5.22. The summed E-state index contributed by atoms with van der Waals surface area (Å²) < 4.78 is 17.4. The molecule has 1 aliphatic heterocycles. The fourth-order valence-electron chi connectivity index (χ4n) is 5.22. The van der Waals surface area contributed by atoms with Gasteiger partial charge in [-0.1, -0.05) is 32.6 Å². The van der Waals surface area contributed by atoms with E-state index in [1.165, 1.54) is 13.0 Å². The highest BCUT2D eigenvalue weighted by molar-refractivity contribution is 5.99. The normalized spacial score (nSPS) is 36.8. The maximum Gasteiger partial charge on any atom is 0.334 e. The molecule has 1 saturated heterocycles. The molecule has 3 aliphatic rings. The van der Waals surface area contributed by atoms with Gasteiger partial charge in [-0.2, -0.15) is 0 Å². The van der Waals surface area contributed by atoms with Gasteiger partial charge >= 0.3 is 17.9 Å².